The zero-order valence-electron chi connectivity index (χ0n) is 20.8. The zero-order chi connectivity index (χ0) is 25.8. The lowest BCUT2D eigenvalue weighted by Gasteiger charge is -2.11. The Balaban J connectivity index is 1.47. The van der Waals surface area contributed by atoms with E-state index in [0.29, 0.717) is 19.4 Å². The molecule has 5 rings (SSSR count). The standard InChI is InChI=1S/C31H28N2O4/c1-3-9-26-28(20(2)17-18-32-26)25-14-7-13-23-24(30(33-29(23)25)37-31(34)35)15-8-19-36-27-16-6-11-21-10-4-5-12-22(21)27/h3-7,9-14,16-18,33H,8,15,19H2,1-2H3,(H,34,35)/b9-3+. The molecule has 3 aromatic carbocycles. The summed E-state index contributed by atoms with van der Waals surface area (Å²) in [5.41, 5.74) is 5.52. The number of rotatable bonds is 8. The molecule has 37 heavy (non-hydrogen) atoms. The number of H-pyrrole nitrogens is 1. The van der Waals surface area contributed by atoms with E-state index in [-0.39, 0.29) is 5.88 Å². The van der Waals surface area contributed by atoms with Crippen LogP contribution in [0.15, 0.2) is 79.0 Å². The smallest absolute Gasteiger partial charge is 0.493 e. The van der Waals surface area contributed by atoms with E-state index in [4.69, 9.17) is 9.47 Å². The summed E-state index contributed by atoms with van der Waals surface area (Å²) in [4.78, 5) is 19.3. The highest BCUT2D eigenvalue weighted by Crippen LogP contribution is 2.38. The molecule has 0 fully saturated rings. The number of nitrogens with zero attached hydrogens (tertiary/aromatic N) is 1. The van der Waals surface area contributed by atoms with E-state index in [1.54, 1.807) is 6.20 Å². The first-order valence-electron chi connectivity index (χ1n) is 12.3. The Bertz CT molecular complexity index is 1610. The lowest BCUT2D eigenvalue weighted by atomic mass is 9.96. The summed E-state index contributed by atoms with van der Waals surface area (Å²) in [6.45, 7) is 4.49. The van der Waals surface area contributed by atoms with Crippen molar-refractivity contribution in [1.29, 1.82) is 0 Å². The lowest BCUT2D eigenvalue weighted by molar-refractivity contribution is 0.142. The van der Waals surface area contributed by atoms with Gasteiger partial charge in [0.1, 0.15) is 5.75 Å². The Kier molecular flexibility index (Phi) is 6.90. The van der Waals surface area contributed by atoms with E-state index in [9.17, 15) is 9.90 Å². The fourth-order valence-electron chi connectivity index (χ4n) is 4.85. The molecule has 2 heterocycles. The normalized spacial score (nSPS) is 11.4. The first-order valence-corrected chi connectivity index (χ1v) is 12.3. The van der Waals surface area contributed by atoms with Gasteiger partial charge in [-0.25, -0.2) is 4.79 Å². The molecule has 0 saturated carbocycles. The summed E-state index contributed by atoms with van der Waals surface area (Å²) < 4.78 is 11.3. The van der Waals surface area contributed by atoms with Crippen molar-refractivity contribution < 1.29 is 19.4 Å². The largest absolute Gasteiger partial charge is 0.512 e. The molecule has 0 saturated heterocycles. The van der Waals surface area contributed by atoms with Crippen molar-refractivity contribution >= 4 is 33.9 Å². The highest BCUT2D eigenvalue weighted by molar-refractivity contribution is 6.00. The van der Waals surface area contributed by atoms with Crippen LogP contribution in [0.25, 0.3) is 38.9 Å². The van der Waals surface area contributed by atoms with E-state index in [1.165, 1.54) is 0 Å². The van der Waals surface area contributed by atoms with Gasteiger partial charge in [-0.05, 0) is 55.8 Å². The number of hydrogen-bond donors (Lipinski definition) is 2. The van der Waals surface area contributed by atoms with Gasteiger partial charge in [0.05, 0.1) is 17.8 Å². The van der Waals surface area contributed by atoms with E-state index in [2.05, 4.69) is 22.1 Å². The van der Waals surface area contributed by atoms with Crippen molar-refractivity contribution in [2.75, 3.05) is 6.61 Å². The van der Waals surface area contributed by atoms with Crippen LogP contribution in [0, 0.1) is 6.92 Å². The number of benzene rings is 3. The summed E-state index contributed by atoms with van der Waals surface area (Å²) in [6.07, 6.45) is 5.65. The van der Waals surface area contributed by atoms with Crippen LogP contribution in [0.1, 0.15) is 30.2 Å². The van der Waals surface area contributed by atoms with Gasteiger partial charge in [-0.1, -0.05) is 60.7 Å². The predicted octanol–water partition coefficient (Wildman–Crippen LogP) is 7.79. The maximum Gasteiger partial charge on any atom is 0.512 e. The Morgan fingerprint density at radius 3 is 2.65 bits per heavy atom. The van der Waals surface area contributed by atoms with Crippen molar-refractivity contribution in [2.45, 2.75) is 26.7 Å². The quantitative estimate of drug-likeness (QED) is 0.171. The number of carbonyl (C=O) groups is 1. The number of para-hydroxylation sites is 1. The molecule has 5 aromatic rings. The minimum Gasteiger partial charge on any atom is -0.493 e. The van der Waals surface area contributed by atoms with E-state index >= 15 is 0 Å². The van der Waals surface area contributed by atoms with Gasteiger partial charge in [-0.3, -0.25) is 4.98 Å². The molecule has 6 nitrogen and oxygen atoms in total. The van der Waals surface area contributed by atoms with E-state index < -0.39 is 6.16 Å². The van der Waals surface area contributed by atoms with Crippen molar-refractivity contribution in [2.24, 2.45) is 0 Å². The van der Waals surface area contributed by atoms with Gasteiger partial charge in [0, 0.05) is 33.7 Å². The number of aryl methyl sites for hydroxylation is 2. The number of nitrogens with one attached hydrogen (secondary N) is 1. The predicted molar refractivity (Wildman–Crippen MR) is 147 cm³/mol. The molecule has 0 atom stereocenters. The number of ether oxygens (including phenoxy) is 2. The maximum atomic E-state index is 11.5. The van der Waals surface area contributed by atoms with E-state index in [0.717, 1.165) is 55.4 Å². The maximum absolute atomic E-state index is 11.5. The number of hydrogen-bond acceptors (Lipinski definition) is 4. The first kappa shape index (κ1) is 24.1. The Morgan fingerprint density at radius 1 is 1.03 bits per heavy atom. The van der Waals surface area contributed by atoms with Crippen LogP contribution in [0.2, 0.25) is 0 Å². The van der Waals surface area contributed by atoms with Gasteiger partial charge in [-0.15, -0.1) is 0 Å². The monoisotopic (exact) mass is 492 g/mol. The molecule has 0 aliphatic heterocycles. The molecular formula is C31H28N2O4. The average Bonchev–Trinajstić information content (AvgIpc) is 3.23. The number of aromatic amines is 1. The Morgan fingerprint density at radius 2 is 1.81 bits per heavy atom. The topological polar surface area (TPSA) is 84.4 Å². The SMILES string of the molecule is C/C=C/c1nccc(C)c1-c1cccc2c(CCCOc3cccc4ccccc34)c(OC(=O)O)[nH]c12. The molecule has 2 N–H and O–H groups in total. The summed E-state index contributed by atoms with van der Waals surface area (Å²) in [5.74, 6) is 1.08. The molecule has 2 aromatic heterocycles. The number of pyridine rings is 1. The lowest BCUT2D eigenvalue weighted by Crippen LogP contribution is -2.06. The summed E-state index contributed by atoms with van der Waals surface area (Å²) in [5, 5.41) is 12.5. The van der Waals surface area contributed by atoms with Crippen molar-refractivity contribution in [1.82, 2.24) is 9.97 Å². The van der Waals surface area contributed by atoms with Gasteiger partial charge >= 0.3 is 6.16 Å². The number of carboxylic acid groups (broad SMARTS) is 1. The second-order valence-corrected chi connectivity index (χ2v) is 8.85. The molecule has 0 spiro atoms. The number of allylic oxidation sites excluding steroid dienone is 1. The van der Waals surface area contributed by atoms with Crippen molar-refractivity contribution in [3.63, 3.8) is 0 Å². The zero-order valence-corrected chi connectivity index (χ0v) is 20.8. The van der Waals surface area contributed by atoms with Gasteiger partial charge in [0.2, 0.25) is 5.88 Å². The van der Waals surface area contributed by atoms with Crippen molar-refractivity contribution in [3.05, 3.63) is 95.8 Å². The second kappa shape index (κ2) is 10.6. The van der Waals surface area contributed by atoms with Crippen LogP contribution < -0.4 is 9.47 Å². The van der Waals surface area contributed by atoms with Crippen LogP contribution in [-0.4, -0.2) is 27.8 Å². The van der Waals surface area contributed by atoms with Crippen LogP contribution in [0.5, 0.6) is 11.6 Å². The third-order valence-electron chi connectivity index (χ3n) is 6.45. The number of aromatic nitrogens is 2. The molecule has 0 bridgehead atoms. The highest BCUT2D eigenvalue weighted by Gasteiger charge is 2.20. The molecule has 0 aliphatic carbocycles. The van der Waals surface area contributed by atoms with Gasteiger partial charge in [0.25, 0.3) is 0 Å². The Hall–Kier alpha value is -4.58. The molecule has 0 unspecified atom stereocenters. The van der Waals surface area contributed by atoms with E-state index in [1.807, 2.05) is 80.6 Å². The van der Waals surface area contributed by atoms with Gasteiger partial charge < -0.3 is 19.6 Å². The third kappa shape index (κ3) is 4.91. The van der Waals surface area contributed by atoms with Crippen LogP contribution in [0.4, 0.5) is 4.79 Å². The van der Waals surface area contributed by atoms with Crippen LogP contribution in [-0.2, 0) is 6.42 Å². The molecule has 0 radical (unpaired) electrons. The highest BCUT2D eigenvalue weighted by atomic mass is 16.7. The second-order valence-electron chi connectivity index (χ2n) is 8.85. The molecule has 6 heteroatoms. The van der Waals surface area contributed by atoms with Crippen LogP contribution >= 0.6 is 0 Å². The first-order chi connectivity index (χ1) is 18.1. The minimum absolute atomic E-state index is 0.245. The van der Waals surface area contributed by atoms with Crippen molar-refractivity contribution in [3.8, 4) is 22.8 Å². The fourth-order valence-corrected chi connectivity index (χ4v) is 4.85. The van der Waals surface area contributed by atoms with Crippen LogP contribution in [0.3, 0.4) is 0 Å². The summed E-state index contributed by atoms with van der Waals surface area (Å²) in [6, 6.07) is 22.1. The van der Waals surface area contributed by atoms with Gasteiger partial charge in [-0.2, -0.15) is 0 Å². The minimum atomic E-state index is -1.35. The average molecular weight is 493 g/mol. The molecule has 186 valence electrons. The number of fused-ring (bicyclic) bond motifs is 2. The molecule has 0 aliphatic rings. The molecular weight excluding hydrogens is 464 g/mol. The summed E-state index contributed by atoms with van der Waals surface area (Å²) >= 11 is 0. The Labute approximate surface area is 215 Å². The summed E-state index contributed by atoms with van der Waals surface area (Å²) in [7, 11) is 0. The third-order valence-corrected chi connectivity index (χ3v) is 6.45. The van der Waals surface area contributed by atoms with Gasteiger partial charge in [0.15, 0.2) is 0 Å². The fraction of sp³-hybridized carbons (Fsp3) is 0.161. The molecule has 0 amide bonds.